The monoisotopic (exact) mass is 977 g/mol. The number of carbonyl (C=O) groups excluding carboxylic acids is 1. The molecule has 2 rings (SSSR count). The summed E-state index contributed by atoms with van der Waals surface area (Å²) in [6.07, 6.45) is 36.5. The smallest absolute Gasteiger partial charge is 0.306 e. The van der Waals surface area contributed by atoms with Crippen LogP contribution >= 0.6 is 0 Å². The van der Waals surface area contributed by atoms with Gasteiger partial charge in [-0.1, -0.05) is 150 Å². The van der Waals surface area contributed by atoms with Crippen LogP contribution in [0.5, 0.6) is 0 Å². The van der Waals surface area contributed by atoms with Crippen molar-refractivity contribution in [1.29, 1.82) is 0 Å². The van der Waals surface area contributed by atoms with E-state index in [2.05, 4.69) is 98.9 Å². The Morgan fingerprint density at radius 2 is 0.899 bits per heavy atom. The molecule has 14 heteroatoms. The van der Waals surface area contributed by atoms with Crippen LogP contribution in [0.1, 0.15) is 155 Å². The third kappa shape index (κ3) is 29.3. The summed E-state index contributed by atoms with van der Waals surface area (Å²) in [7, 11) is 0. The van der Waals surface area contributed by atoms with E-state index in [4.69, 9.17) is 28.4 Å². The molecule has 0 aromatic heterocycles. The summed E-state index contributed by atoms with van der Waals surface area (Å²) in [6.45, 7) is 3.38. The normalized spacial score (nSPS) is 26.4. The molecular weight excluding hydrogens is 885 g/mol. The second-order valence-corrected chi connectivity index (χ2v) is 17.9. The van der Waals surface area contributed by atoms with Crippen LogP contribution in [-0.2, 0) is 33.2 Å². The summed E-state index contributed by atoms with van der Waals surface area (Å²) in [5.74, 6) is -0.411. The lowest BCUT2D eigenvalue weighted by atomic mass is 9.98. The van der Waals surface area contributed by atoms with Gasteiger partial charge in [-0.2, -0.15) is 0 Å². The maximum absolute atomic E-state index is 13.0. The molecular formula is C55H92O14. The number of aliphatic hydroxyl groups excluding tert-OH is 7. The van der Waals surface area contributed by atoms with Gasteiger partial charge in [0.1, 0.15) is 54.9 Å². The number of hydrogen-bond donors (Lipinski definition) is 7. The Kier molecular flexibility index (Phi) is 37.7. The lowest BCUT2D eigenvalue weighted by molar-refractivity contribution is -0.332. The second-order valence-electron chi connectivity index (χ2n) is 17.9. The number of aliphatic hydroxyl groups is 7. The molecule has 0 aromatic carbocycles. The molecule has 69 heavy (non-hydrogen) atoms. The number of hydrogen-bond acceptors (Lipinski definition) is 14. The van der Waals surface area contributed by atoms with E-state index in [-0.39, 0.29) is 19.6 Å². The Morgan fingerprint density at radius 3 is 1.41 bits per heavy atom. The molecule has 2 heterocycles. The highest BCUT2D eigenvalue weighted by molar-refractivity contribution is 5.69. The lowest BCUT2D eigenvalue weighted by Crippen LogP contribution is -2.61. The van der Waals surface area contributed by atoms with Crippen molar-refractivity contribution in [2.45, 2.75) is 223 Å². The number of allylic oxidation sites excluding steroid dienone is 14. The standard InChI is InChI=1S/C55H92O14/c1-3-5-7-9-11-13-15-17-18-19-20-21-22-23-24-25-27-29-31-33-35-37-39-64-41-44(67-47(57)38-36-34-32-30-28-26-16-14-12-10-8-6-4-2)42-65-54-53(63)51(61)49(59)46(69-54)43-66-55-52(62)50(60)48(58)45(40-56)68-55/h5-8,11-14,17-18,20-21,26,28,44-46,48-56,58-63H,3-4,9-10,15-16,19,22-25,27,29-43H2,1-2H3/b7-5-,8-6-,13-11-,14-12-,18-17-,21-20-,28-26-. The van der Waals surface area contributed by atoms with E-state index in [0.717, 1.165) is 89.9 Å². The Bertz CT molecular complexity index is 1460. The van der Waals surface area contributed by atoms with Gasteiger partial charge in [-0.05, 0) is 83.5 Å². The zero-order valence-corrected chi connectivity index (χ0v) is 42.0. The van der Waals surface area contributed by atoms with Crippen molar-refractivity contribution < 1.29 is 69.0 Å². The van der Waals surface area contributed by atoms with Crippen molar-refractivity contribution in [2.24, 2.45) is 0 Å². The third-order valence-electron chi connectivity index (χ3n) is 11.9. The SMILES string of the molecule is CC/C=C\C/C=C\C/C=C\C/C=C\CCCCCCCCCCCOCC(COC1OC(COC2OC(CO)C(O)C(O)C2O)C(O)C(O)C1O)OC(=O)CCCCC/C=C\C/C=C\C/C=C\CC. The molecule has 2 saturated heterocycles. The molecule has 2 aliphatic heterocycles. The zero-order valence-electron chi connectivity index (χ0n) is 42.0. The van der Waals surface area contributed by atoms with Crippen LogP contribution in [0.25, 0.3) is 0 Å². The Morgan fingerprint density at radius 1 is 0.478 bits per heavy atom. The van der Waals surface area contributed by atoms with Crippen molar-refractivity contribution in [3.8, 4) is 0 Å². The Hall–Kier alpha value is -2.83. The number of carbonyl (C=O) groups is 1. The van der Waals surface area contributed by atoms with Gasteiger partial charge in [-0.15, -0.1) is 0 Å². The van der Waals surface area contributed by atoms with Gasteiger partial charge in [0.15, 0.2) is 12.6 Å². The van der Waals surface area contributed by atoms with E-state index in [1.807, 2.05) is 0 Å². The van der Waals surface area contributed by atoms with Crippen molar-refractivity contribution in [1.82, 2.24) is 0 Å². The predicted octanol–water partition coefficient (Wildman–Crippen LogP) is 8.07. The van der Waals surface area contributed by atoms with E-state index in [1.54, 1.807) is 0 Å². The molecule has 0 saturated carbocycles. The minimum absolute atomic E-state index is 0.0401. The maximum atomic E-state index is 13.0. The average molecular weight is 977 g/mol. The summed E-state index contributed by atoms with van der Waals surface area (Å²) in [6, 6.07) is 0. The fraction of sp³-hybridized carbons (Fsp3) is 0.727. The first-order chi connectivity index (χ1) is 33.6. The topological polar surface area (TPSA) is 214 Å². The molecule has 0 aliphatic carbocycles. The molecule has 0 aromatic rings. The van der Waals surface area contributed by atoms with Gasteiger partial charge in [0.2, 0.25) is 0 Å². The number of ether oxygens (including phenoxy) is 6. The summed E-state index contributed by atoms with van der Waals surface area (Å²) in [4.78, 5) is 13.0. The maximum Gasteiger partial charge on any atom is 0.306 e. The first kappa shape index (κ1) is 62.3. The highest BCUT2D eigenvalue weighted by Crippen LogP contribution is 2.26. The van der Waals surface area contributed by atoms with Gasteiger partial charge >= 0.3 is 5.97 Å². The van der Waals surface area contributed by atoms with Crippen molar-refractivity contribution >= 4 is 5.97 Å². The molecule has 11 unspecified atom stereocenters. The van der Waals surface area contributed by atoms with E-state index in [1.165, 1.54) is 38.5 Å². The van der Waals surface area contributed by atoms with Crippen LogP contribution in [0.2, 0.25) is 0 Å². The van der Waals surface area contributed by atoms with Gasteiger partial charge in [0.25, 0.3) is 0 Å². The summed E-state index contributed by atoms with van der Waals surface area (Å²) < 4.78 is 34.2. The van der Waals surface area contributed by atoms with Crippen LogP contribution in [0.4, 0.5) is 0 Å². The number of unbranched alkanes of at least 4 members (excludes halogenated alkanes) is 12. The van der Waals surface area contributed by atoms with Gasteiger partial charge in [0.05, 0.1) is 26.4 Å². The van der Waals surface area contributed by atoms with Crippen LogP contribution < -0.4 is 0 Å². The van der Waals surface area contributed by atoms with Gasteiger partial charge in [-0.3, -0.25) is 4.79 Å². The minimum Gasteiger partial charge on any atom is -0.457 e. The highest BCUT2D eigenvalue weighted by Gasteiger charge is 2.47. The zero-order chi connectivity index (χ0) is 50.2. The van der Waals surface area contributed by atoms with Crippen molar-refractivity contribution in [3.05, 3.63) is 85.1 Å². The fourth-order valence-corrected chi connectivity index (χ4v) is 7.70. The molecule has 2 fully saturated rings. The largest absolute Gasteiger partial charge is 0.457 e. The molecule has 0 bridgehead atoms. The van der Waals surface area contributed by atoms with E-state index in [9.17, 15) is 40.5 Å². The van der Waals surface area contributed by atoms with E-state index >= 15 is 0 Å². The summed E-state index contributed by atoms with van der Waals surface area (Å²) in [5, 5.41) is 72.1. The van der Waals surface area contributed by atoms with E-state index < -0.39 is 86.7 Å². The third-order valence-corrected chi connectivity index (χ3v) is 11.9. The minimum atomic E-state index is -1.72. The predicted molar refractivity (Wildman–Crippen MR) is 270 cm³/mol. The second kappa shape index (κ2) is 41.8. The lowest BCUT2D eigenvalue weighted by Gasteiger charge is -2.42. The Labute approximate surface area is 414 Å². The van der Waals surface area contributed by atoms with Crippen LogP contribution in [0.15, 0.2) is 85.1 Å². The summed E-state index contributed by atoms with van der Waals surface area (Å²) in [5.41, 5.74) is 0. The van der Waals surface area contributed by atoms with Gasteiger partial charge in [-0.25, -0.2) is 0 Å². The molecule has 2 aliphatic rings. The molecule has 396 valence electrons. The average Bonchev–Trinajstić information content (AvgIpc) is 3.35. The molecule has 14 nitrogen and oxygen atoms in total. The van der Waals surface area contributed by atoms with Crippen LogP contribution in [-0.4, -0.2) is 142 Å². The van der Waals surface area contributed by atoms with Crippen molar-refractivity contribution in [2.75, 3.05) is 33.0 Å². The highest BCUT2D eigenvalue weighted by atomic mass is 16.7. The Balaban J connectivity index is 1.75. The summed E-state index contributed by atoms with van der Waals surface area (Å²) >= 11 is 0. The molecule has 11 atom stereocenters. The van der Waals surface area contributed by atoms with Gasteiger partial charge < -0.3 is 64.2 Å². The molecule has 0 spiro atoms. The first-order valence-electron chi connectivity index (χ1n) is 26.2. The number of esters is 1. The molecule has 0 amide bonds. The van der Waals surface area contributed by atoms with Crippen LogP contribution in [0, 0.1) is 0 Å². The fourth-order valence-electron chi connectivity index (χ4n) is 7.70. The number of rotatable bonds is 40. The van der Waals surface area contributed by atoms with Gasteiger partial charge in [0, 0.05) is 13.0 Å². The van der Waals surface area contributed by atoms with Crippen LogP contribution in [0.3, 0.4) is 0 Å². The molecule has 7 N–H and O–H groups in total. The van der Waals surface area contributed by atoms with E-state index in [0.29, 0.717) is 13.0 Å². The quantitative estimate of drug-likeness (QED) is 0.0176. The van der Waals surface area contributed by atoms with Crippen molar-refractivity contribution in [3.63, 3.8) is 0 Å². The first-order valence-corrected chi connectivity index (χ1v) is 26.2. The molecule has 0 radical (unpaired) electrons.